The van der Waals surface area contributed by atoms with Gasteiger partial charge >= 0.3 is 0 Å². The van der Waals surface area contributed by atoms with Crippen molar-refractivity contribution in [3.05, 3.63) is 78.9 Å². The van der Waals surface area contributed by atoms with Crippen LogP contribution in [0.3, 0.4) is 0 Å². The van der Waals surface area contributed by atoms with E-state index in [0.29, 0.717) is 17.3 Å². The highest BCUT2D eigenvalue weighted by Gasteiger charge is 2.21. The maximum absolute atomic E-state index is 12.7. The Hall–Kier alpha value is -3.52. The van der Waals surface area contributed by atoms with Crippen molar-refractivity contribution in [2.75, 3.05) is 7.11 Å². The van der Waals surface area contributed by atoms with E-state index in [0.717, 1.165) is 5.69 Å². The SMILES string of the molecule is COc1cc(-c2ccc(S(=O)(=O)c3ccccc3)nn2)n(-c2ccccc2)n1. The Labute approximate surface area is 162 Å². The lowest BCUT2D eigenvalue weighted by Gasteiger charge is -2.07. The fourth-order valence-electron chi connectivity index (χ4n) is 2.73. The Kier molecular flexibility index (Phi) is 4.62. The van der Waals surface area contributed by atoms with Crippen LogP contribution < -0.4 is 4.74 Å². The number of methoxy groups -OCH3 is 1. The molecule has 4 aromatic rings. The van der Waals surface area contributed by atoms with Gasteiger partial charge in [0.25, 0.3) is 0 Å². The van der Waals surface area contributed by atoms with Gasteiger partial charge in [-0.1, -0.05) is 36.4 Å². The van der Waals surface area contributed by atoms with Gasteiger partial charge in [-0.05, 0) is 36.4 Å². The minimum absolute atomic E-state index is 0.111. The maximum Gasteiger partial charge on any atom is 0.233 e. The second kappa shape index (κ2) is 7.24. The summed E-state index contributed by atoms with van der Waals surface area (Å²) < 4.78 is 32.3. The molecule has 0 aliphatic rings. The summed E-state index contributed by atoms with van der Waals surface area (Å²) in [6.07, 6.45) is 0. The number of hydrogen-bond donors (Lipinski definition) is 0. The molecule has 140 valence electrons. The third kappa shape index (κ3) is 3.25. The van der Waals surface area contributed by atoms with Gasteiger partial charge in [0, 0.05) is 6.07 Å². The third-order valence-corrected chi connectivity index (χ3v) is 5.79. The Morgan fingerprint density at radius 2 is 1.54 bits per heavy atom. The molecule has 28 heavy (non-hydrogen) atoms. The van der Waals surface area contributed by atoms with E-state index in [4.69, 9.17) is 4.74 Å². The lowest BCUT2D eigenvalue weighted by atomic mass is 10.2. The van der Waals surface area contributed by atoms with E-state index < -0.39 is 9.84 Å². The molecular weight excluding hydrogens is 376 g/mol. The van der Waals surface area contributed by atoms with Crippen LogP contribution >= 0.6 is 0 Å². The molecule has 0 saturated carbocycles. The average molecular weight is 392 g/mol. The standard InChI is InChI=1S/C20H16N4O3S/c1-27-19-14-18(24(23-19)15-8-4-2-5-9-15)17-12-13-20(22-21-17)28(25,26)16-10-6-3-7-11-16/h2-14H,1H3. The van der Waals surface area contributed by atoms with Crippen LogP contribution in [0.25, 0.3) is 17.1 Å². The molecule has 0 bridgehead atoms. The van der Waals surface area contributed by atoms with Crippen LogP contribution in [0.2, 0.25) is 0 Å². The van der Waals surface area contributed by atoms with Crippen molar-refractivity contribution in [2.24, 2.45) is 0 Å². The largest absolute Gasteiger partial charge is 0.480 e. The van der Waals surface area contributed by atoms with Crippen molar-refractivity contribution in [2.45, 2.75) is 9.92 Å². The first-order chi connectivity index (χ1) is 13.6. The topological polar surface area (TPSA) is 87.0 Å². The van der Waals surface area contributed by atoms with Crippen LogP contribution in [0.15, 0.2) is 88.8 Å². The Morgan fingerprint density at radius 1 is 0.857 bits per heavy atom. The van der Waals surface area contributed by atoms with Gasteiger partial charge in [0.2, 0.25) is 15.7 Å². The summed E-state index contributed by atoms with van der Waals surface area (Å²) in [4.78, 5) is 0.174. The molecule has 0 aliphatic carbocycles. The molecule has 8 heteroatoms. The molecule has 0 radical (unpaired) electrons. The van der Waals surface area contributed by atoms with E-state index in [1.807, 2.05) is 30.3 Å². The monoisotopic (exact) mass is 392 g/mol. The summed E-state index contributed by atoms with van der Waals surface area (Å²) in [5.41, 5.74) is 1.94. The molecule has 0 atom stereocenters. The molecule has 2 aromatic carbocycles. The zero-order chi connectivity index (χ0) is 19.6. The van der Waals surface area contributed by atoms with Gasteiger partial charge in [-0.2, -0.15) is 0 Å². The number of sulfone groups is 1. The van der Waals surface area contributed by atoms with Gasteiger partial charge in [0.05, 0.1) is 23.4 Å². The Bertz CT molecular complexity index is 1190. The van der Waals surface area contributed by atoms with Gasteiger partial charge in [-0.25, -0.2) is 13.1 Å². The first-order valence-electron chi connectivity index (χ1n) is 8.43. The smallest absolute Gasteiger partial charge is 0.233 e. The lowest BCUT2D eigenvalue weighted by Crippen LogP contribution is -2.06. The molecule has 0 N–H and O–H groups in total. The van der Waals surface area contributed by atoms with Gasteiger partial charge in [0.1, 0.15) is 5.69 Å². The predicted octanol–water partition coefficient (Wildman–Crippen LogP) is 3.17. The lowest BCUT2D eigenvalue weighted by molar-refractivity contribution is 0.394. The quantitative estimate of drug-likeness (QED) is 0.518. The van der Waals surface area contributed by atoms with Crippen molar-refractivity contribution >= 4 is 9.84 Å². The first-order valence-corrected chi connectivity index (χ1v) is 9.91. The zero-order valence-corrected chi connectivity index (χ0v) is 15.7. The first kappa shape index (κ1) is 17.9. The van der Waals surface area contributed by atoms with E-state index in [9.17, 15) is 8.42 Å². The van der Waals surface area contributed by atoms with Crippen molar-refractivity contribution in [3.63, 3.8) is 0 Å². The van der Waals surface area contributed by atoms with Crippen LogP contribution in [0.4, 0.5) is 0 Å². The van der Waals surface area contributed by atoms with E-state index in [2.05, 4.69) is 15.3 Å². The van der Waals surface area contributed by atoms with E-state index >= 15 is 0 Å². The average Bonchev–Trinajstić information content (AvgIpc) is 3.20. The maximum atomic E-state index is 12.7. The van der Waals surface area contributed by atoms with Gasteiger partial charge in [-0.15, -0.1) is 15.3 Å². The number of ether oxygens (including phenoxy) is 1. The number of para-hydroxylation sites is 1. The number of benzene rings is 2. The van der Waals surface area contributed by atoms with Crippen LogP contribution in [-0.4, -0.2) is 35.5 Å². The minimum atomic E-state index is -3.72. The summed E-state index contributed by atoms with van der Waals surface area (Å²) in [6, 6.07) is 22.4. The molecule has 0 aliphatic heterocycles. The fourth-order valence-corrected chi connectivity index (χ4v) is 3.88. The highest BCUT2D eigenvalue weighted by molar-refractivity contribution is 7.91. The Balaban J connectivity index is 1.75. The summed E-state index contributed by atoms with van der Waals surface area (Å²) in [5.74, 6) is 0.418. The molecule has 2 aromatic heterocycles. The summed E-state index contributed by atoms with van der Waals surface area (Å²) >= 11 is 0. The van der Waals surface area contributed by atoms with E-state index in [1.165, 1.54) is 25.3 Å². The van der Waals surface area contributed by atoms with Crippen molar-refractivity contribution < 1.29 is 13.2 Å². The second-order valence-electron chi connectivity index (χ2n) is 5.89. The number of aromatic nitrogens is 4. The van der Waals surface area contributed by atoms with E-state index in [-0.39, 0.29) is 9.92 Å². The molecule has 0 fully saturated rings. The van der Waals surface area contributed by atoms with Crippen LogP contribution in [0, 0.1) is 0 Å². The summed E-state index contributed by atoms with van der Waals surface area (Å²) in [7, 11) is -2.19. The molecule has 0 amide bonds. The van der Waals surface area contributed by atoms with Crippen molar-refractivity contribution in [1.29, 1.82) is 0 Å². The number of nitrogens with zero attached hydrogens (tertiary/aromatic N) is 4. The molecular formula is C20H16N4O3S. The molecule has 4 rings (SSSR count). The molecule has 0 unspecified atom stereocenters. The fraction of sp³-hybridized carbons (Fsp3) is 0.0500. The molecule has 7 nitrogen and oxygen atoms in total. The van der Waals surface area contributed by atoms with Gasteiger partial charge < -0.3 is 4.74 Å². The number of hydrogen-bond acceptors (Lipinski definition) is 6. The van der Waals surface area contributed by atoms with Crippen LogP contribution in [0.5, 0.6) is 5.88 Å². The normalized spacial score (nSPS) is 11.3. The minimum Gasteiger partial charge on any atom is -0.480 e. The third-order valence-electron chi connectivity index (χ3n) is 4.13. The highest BCUT2D eigenvalue weighted by atomic mass is 32.2. The van der Waals surface area contributed by atoms with E-state index in [1.54, 1.807) is 35.0 Å². The van der Waals surface area contributed by atoms with Gasteiger partial charge in [-0.3, -0.25) is 0 Å². The highest BCUT2D eigenvalue weighted by Crippen LogP contribution is 2.26. The summed E-state index contributed by atoms with van der Waals surface area (Å²) in [6.45, 7) is 0. The second-order valence-corrected chi connectivity index (χ2v) is 7.79. The molecule has 0 saturated heterocycles. The molecule has 0 spiro atoms. The number of rotatable bonds is 5. The molecule has 2 heterocycles. The van der Waals surface area contributed by atoms with Crippen LogP contribution in [-0.2, 0) is 9.84 Å². The van der Waals surface area contributed by atoms with Gasteiger partial charge in [0.15, 0.2) is 5.03 Å². The van der Waals surface area contributed by atoms with Crippen molar-refractivity contribution in [1.82, 2.24) is 20.0 Å². The predicted molar refractivity (Wildman–Crippen MR) is 103 cm³/mol. The Morgan fingerprint density at radius 3 is 2.14 bits per heavy atom. The van der Waals surface area contributed by atoms with Crippen molar-refractivity contribution in [3.8, 4) is 23.0 Å². The zero-order valence-electron chi connectivity index (χ0n) is 14.9. The summed E-state index contributed by atoms with van der Waals surface area (Å²) in [5, 5.41) is 12.4. The van der Waals surface area contributed by atoms with Crippen LogP contribution in [0.1, 0.15) is 0 Å².